The molecule has 4 heteroatoms. The van der Waals surface area contributed by atoms with Crippen LogP contribution in [0.25, 0.3) is 0 Å². The van der Waals surface area contributed by atoms with Gasteiger partial charge in [-0.15, -0.1) is 0 Å². The number of hydrogen-bond donors (Lipinski definition) is 1. The van der Waals surface area contributed by atoms with Gasteiger partial charge in [0.25, 0.3) is 0 Å². The Hall–Kier alpha value is -1.55. The molecule has 2 rings (SSSR count). The standard InChI is InChI=1S/C17H25NO3/c1-4-21-15-10-6-5-9-14(15)13(2)18-12-8-7-11-17(18,3)16(19)20/h5-6,9-10,13H,4,7-8,11-12H2,1-3H3,(H,19,20). The van der Waals surface area contributed by atoms with Gasteiger partial charge < -0.3 is 9.84 Å². The van der Waals surface area contributed by atoms with Crippen LogP contribution >= 0.6 is 0 Å². The van der Waals surface area contributed by atoms with Crippen LogP contribution < -0.4 is 4.74 Å². The van der Waals surface area contributed by atoms with Gasteiger partial charge in [0.2, 0.25) is 0 Å². The van der Waals surface area contributed by atoms with Crippen LogP contribution in [-0.2, 0) is 4.79 Å². The average Bonchev–Trinajstić information content (AvgIpc) is 2.48. The van der Waals surface area contributed by atoms with Gasteiger partial charge in [-0.05, 0) is 52.6 Å². The van der Waals surface area contributed by atoms with Crippen LogP contribution in [-0.4, -0.2) is 34.7 Å². The van der Waals surface area contributed by atoms with Gasteiger partial charge >= 0.3 is 5.97 Å². The SMILES string of the molecule is CCOc1ccccc1C(C)N1CCCCC1(C)C(=O)O. The molecular formula is C17H25NO3. The molecule has 0 radical (unpaired) electrons. The molecule has 0 saturated carbocycles. The molecule has 116 valence electrons. The Morgan fingerprint density at radius 1 is 1.43 bits per heavy atom. The highest BCUT2D eigenvalue weighted by Gasteiger charge is 2.44. The number of rotatable bonds is 5. The number of para-hydroxylation sites is 1. The van der Waals surface area contributed by atoms with Gasteiger partial charge in [-0.25, -0.2) is 0 Å². The molecule has 1 saturated heterocycles. The van der Waals surface area contributed by atoms with Crippen LogP contribution in [0, 0.1) is 0 Å². The maximum atomic E-state index is 11.8. The van der Waals surface area contributed by atoms with Gasteiger partial charge in [0.05, 0.1) is 6.61 Å². The van der Waals surface area contributed by atoms with Crippen molar-refractivity contribution in [3.8, 4) is 5.75 Å². The second-order valence-corrected chi connectivity index (χ2v) is 5.88. The molecule has 1 heterocycles. The van der Waals surface area contributed by atoms with E-state index in [0.717, 1.165) is 30.7 Å². The van der Waals surface area contributed by atoms with Gasteiger partial charge in [-0.2, -0.15) is 0 Å². The smallest absolute Gasteiger partial charge is 0.323 e. The number of piperidine rings is 1. The number of ether oxygens (including phenoxy) is 1. The van der Waals surface area contributed by atoms with Gasteiger partial charge in [-0.1, -0.05) is 18.2 Å². The Morgan fingerprint density at radius 2 is 2.14 bits per heavy atom. The summed E-state index contributed by atoms with van der Waals surface area (Å²) in [5.41, 5.74) is 0.269. The minimum Gasteiger partial charge on any atom is -0.494 e. The summed E-state index contributed by atoms with van der Waals surface area (Å²) >= 11 is 0. The Balaban J connectivity index is 2.33. The van der Waals surface area contributed by atoms with E-state index in [2.05, 4.69) is 11.8 Å². The third-order valence-corrected chi connectivity index (χ3v) is 4.54. The molecule has 0 bridgehead atoms. The summed E-state index contributed by atoms with van der Waals surface area (Å²) in [6.07, 6.45) is 2.71. The normalized spacial score (nSPS) is 24.5. The van der Waals surface area contributed by atoms with Crippen molar-refractivity contribution in [1.82, 2.24) is 4.90 Å². The van der Waals surface area contributed by atoms with Crippen molar-refractivity contribution in [1.29, 1.82) is 0 Å². The number of aliphatic carboxylic acids is 1. The fourth-order valence-corrected chi connectivity index (χ4v) is 3.27. The summed E-state index contributed by atoms with van der Waals surface area (Å²) in [5.74, 6) is 0.119. The largest absolute Gasteiger partial charge is 0.494 e. The molecular weight excluding hydrogens is 266 g/mol. The summed E-state index contributed by atoms with van der Waals surface area (Å²) < 4.78 is 5.70. The Bertz CT molecular complexity index is 503. The number of carboxylic acids is 1. The Labute approximate surface area is 126 Å². The maximum Gasteiger partial charge on any atom is 0.323 e. The quantitative estimate of drug-likeness (QED) is 0.902. The Morgan fingerprint density at radius 3 is 2.81 bits per heavy atom. The van der Waals surface area contributed by atoms with Crippen LogP contribution in [0.2, 0.25) is 0 Å². The highest BCUT2D eigenvalue weighted by atomic mass is 16.5. The minimum absolute atomic E-state index is 0.0224. The summed E-state index contributed by atoms with van der Waals surface area (Å²) in [4.78, 5) is 13.9. The fourth-order valence-electron chi connectivity index (χ4n) is 3.27. The first kappa shape index (κ1) is 15.8. The van der Waals surface area contributed by atoms with Crippen molar-refractivity contribution in [2.75, 3.05) is 13.2 Å². The van der Waals surface area contributed by atoms with E-state index in [1.54, 1.807) is 0 Å². The lowest BCUT2D eigenvalue weighted by molar-refractivity contribution is -0.155. The molecule has 2 unspecified atom stereocenters. The molecule has 0 spiro atoms. The number of carboxylic acid groups (broad SMARTS) is 1. The summed E-state index contributed by atoms with van der Waals surface area (Å²) in [5, 5.41) is 9.66. The van der Waals surface area contributed by atoms with Gasteiger partial charge in [0.15, 0.2) is 0 Å². The van der Waals surface area contributed by atoms with E-state index in [-0.39, 0.29) is 6.04 Å². The van der Waals surface area contributed by atoms with Gasteiger partial charge in [0.1, 0.15) is 11.3 Å². The number of likely N-dealkylation sites (tertiary alicyclic amines) is 1. The molecule has 1 aromatic carbocycles. The summed E-state index contributed by atoms with van der Waals surface area (Å²) in [6.45, 7) is 7.30. The van der Waals surface area contributed by atoms with E-state index in [4.69, 9.17) is 4.74 Å². The predicted molar refractivity (Wildman–Crippen MR) is 82.6 cm³/mol. The van der Waals surface area contributed by atoms with Gasteiger partial charge in [-0.3, -0.25) is 9.69 Å². The van der Waals surface area contributed by atoms with Crippen molar-refractivity contribution in [3.05, 3.63) is 29.8 Å². The first-order valence-corrected chi connectivity index (χ1v) is 7.72. The molecule has 21 heavy (non-hydrogen) atoms. The zero-order chi connectivity index (χ0) is 15.5. The van der Waals surface area contributed by atoms with Crippen molar-refractivity contribution >= 4 is 5.97 Å². The fraction of sp³-hybridized carbons (Fsp3) is 0.588. The first-order valence-electron chi connectivity index (χ1n) is 7.72. The lowest BCUT2D eigenvalue weighted by Gasteiger charge is -2.45. The number of carbonyl (C=O) groups is 1. The Kier molecular flexibility index (Phi) is 4.88. The molecule has 0 aliphatic carbocycles. The highest BCUT2D eigenvalue weighted by Crippen LogP contribution is 2.38. The van der Waals surface area contributed by atoms with E-state index < -0.39 is 11.5 Å². The van der Waals surface area contributed by atoms with Crippen LogP contribution in [0.3, 0.4) is 0 Å². The van der Waals surface area contributed by atoms with E-state index in [0.29, 0.717) is 13.0 Å². The minimum atomic E-state index is -0.795. The third kappa shape index (κ3) is 3.05. The molecule has 0 amide bonds. The zero-order valence-corrected chi connectivity index (χ0v) is 13.1. The zero-order valence-electron chi connectivity index (χ0n) is 13.1. The molecule has 1 aromatic rings. The van der Waals surface area contributed by atoms with Crippen molar-refractivity contribution in [2.24, 2.45) is 0 Å². The lowest BCUT2D eigenvalue weighted by atomic mass is 9.86. The van der Waals surface area contributed by atoms with Crippen molar-refractivity contribution in [2.45, 2.75) is 51.6 Å². The monoisotopic (exact) mass is 291 g/mol. The van der Waals surface area contributed by atoms with E-state index in [1.807, 2.05) is 38.1 Å². The first-order chi connectivity index (χ1) is 10.0. The maximum absolute atomic E-state index is 11.8. The van der Waals surface area contributed by atoms with E-state index in [1.165, 1.54) is 0 Å². The third-order valence-electron chi connectivity index (χ3n) is 4.54. The lowest BCUT2D eigenvalue weighted by Crippen LogP contribution is -2.55. The van der Waals surface area contributed by atoms with Crippen LogP contribution in [0.15, 0.2) is 24.3 Å². The molecule has 0 aromatic heterocycles. The topological polar surface area (TPSA) is 49.8 Å². The summed E-state index contributed by atoms with van der Waals surface area (Å²) in [6, 6.07) is 7.95. The molecule has 1 fully saturated rings. The summed E-state index contributed by atoms with van der Waals surface area (Å²) in [7, 11) is 0. The van der Waals surface area contributed by atoms with Gasteiger partial charge in [0, 0.05) is 11.6 Å². The molecule has 2 atom stereocenters. The van der Waals surface area contributed by atoms with Crippen LogP contribution in [0.1, 0.15) is 51.6 Å². The second kappa shape index (κ2) is 6.48. The number of nitrogens with zero attached hydrogens (tertiary/aromatic N) is 1. The number of benzene rings is 1. The van der Waals surface area contributed by atoms with Crippen molar-refractivity contribution in [3.63, 3.8) is 0 Å². The highest BCUT2D eigenvalue weighted by molar-refractivity contribution is 5.78. The van der Waals surface area contributed by atoms with Crippen LogP contribution in [0.5, 0.6) is 5.75 Å². The number of hydrogen-bond acceptors (Lipinski definition) is 3. The van der Waals surface area contributed by atoms with E-state index >= 15 is 0 Å². The van der Waals surface area contributed by atoms with Crippen molar-refractivity contribution < 1.29 is 14.6 Å². The van der Waals surface area contributed by atoms with E-state index in [9.17, 15) is 9.90 Å². The molecule has 4 nitrogen and oxygen atoms in total. The second-order valence-electron chi connectivity index (χ2n) is 5.88. The molecule has 1 aliphatic heterocycles. The molecule has 1 N–H and O–H groups in total. The average molecular weight is 291 g/mol. The predicted octanol–water partition coefficient (Wildman–Crippen LogP) is 3.48. The van der Waals surface area contributed by atoms with Crippen LogP contribution in [0.4, 0.5) is 0 Å². The molecule has 1 aliphatic rings.